The summed E-state index contributed by atoms with van der Waals surface area (Å²) in [4.78, 5) is 6.94. The lowest BCUT2D eigenvalue weighted by Crippen LogP contribution is -2.21. The van der Waals surface area contributed by atoms with Gasteiger partial charge in [-0.05, 0) is 49.4 Å². The maximum absolute atomic E-state index is 5.92. The molecule has 0 amide bonds. The summed E-state index contributed by atoms with van der Waals surface area (Å²) in [5.41, 5.74) is 10.0. The van der Waals surface area contributed by atoms with Crippen molar-refractivity contribution in [1.82, 2.24) is 4.98 Å². The molecule has 0 radical (unpaired) electrons. The van der Waals surface area contributed by atoms with E-state index < -0.39 is 0 Å². The molecule has 1 aromatic heterocycles. The molecule has 1 aromatic carbocycles. The molecule has 0 spiro atoms. The third-order valence-corrected chi connectivity index (χ3v) is 4.13. The molecule has 3 nitrogen and oxygen atoms in total. The number of aryl methyl sites for hydroxylation is 1. The Morgan fingerprint density at radius 1 is 1.37 bits per heavy atom. The normalized spacial score (nSPS) is 21.6. The van der Waals surface area contributed by atoms with Crippen LogP contribution < -0.4 is 10.6 Å². The van der Waals surface area contributed by atoms with Crippen molar-refractivity contribution in [3.63, 3.8) is 0 Å². The minimum Gasteiger partial charge on any atom is -0.399 e. The summed E-state index contributed by atoms with van der Waals surface area (Å²) in [7, 11) is 2.17. The zero-order chi connectivity index (χ0) is 13.6. The van der Waals surface area contributed by atoms with Crippen LogP contribution in [0.3, 0.4) is 0 Å². The number of aromatic nitrogens is 1. The molecule has 2 unspecified atom stereocenters. The van der Waals surface area contributed by atoms with Gasteiger partial charge in [0.2, 0.25) is 0 Å². The molecule has 1 aliphatic rings. The van der Waals surface area contributed by atoms with E-state index in [1.807, 2.05) is 25.1 Å². The van der Waals surface area contributed by atoms with Crippen LogP contribution in [-0.2, 0) is 0 Å². The van der Waals surface area contributed by atoms with Crippen LogP contribution in [0, 0.1) is 18.8 Å². The number of benzene rings is 1. The number of pyridine rings is 1. The Labute approximate surface area is 114 Å². The van der Waals surface area contributed by atoms with Crippen LogP contribution in [0.2, 0.25) is 0 Å². The Balaban J connectivity index is 2.02. The molecule has 0 saturated heterocycles. The summed E-state index contributed by atoms with van der Waals surface area (Å²) in [5.74, 6) is 1.72. The quantitative estimate of drug-likeness (QED) is 0.856. The maximum Gasteiger partial charge on any atom is 0.0727 e. The number of nitrogens with two attached hydrogens (primary N) is 1. The molecule has 3 rings (SSSR count). The average Bonchev–Trinajstić information content (AvgIpc) is 3.04. The van der Waals surface area contributed by atoms with E-state index in [9.17, 15) is 0 Å². The molecule has 0 bridgehead atoms. The predicted molar refractivity (Wildman–Crippen MR) is 81.4 cm³/mol. The smallest absolute Gasteiger partial charge is 0.0727 e. The highest BCUT2D eigenvalue weighted by atomic mass is 15.1. The van der Waals surface area contributed by atoms with E-state index in [1.165, 1.54) is 12.1 Å². The van der Waals surface area contributed by atoms with Crippen LogP contribution in [-0.4, -0.2) is 18.6 Å². The number of hydrogen-bond donors (Lipinski definition) is 1. The van der Waals surface area contributed by atoms with Crippen molar-refractivity contribution in [2.75, 3.05) is 24.2 Å². The first-order valence-corrected chi connectivity index (χ1v) is 6.92. The van der Waals surface area contributed by atoms with Crippen LogP contribution in [0.15, 0.2) is 24.3 Å². The van der Waals surface area contributed by atoms with Gasteiger partial charge in [0.15, 0.2) is 0 Å². The molecule has 3 heteroatoms. The molecule has 1 aliphatic carbocycles. The highest BCUT2D eigenvalue weighted by molar-refractivity contribution is 5.93. The fourth-order valence-corrected chi connectivity index (χ4v) is 2.77. The van der Waals surface area contributed by atoms with Crippen molar-refractivity contribution in [1.29, 1.82) is 0 Å². The van der Waals surface area contributed by atoms with Gasteiger partial charge in [-0.3, -0.25) is 4.98 Å². The molecule has 1 saturated carbocycles. The molecule has 2 aromatic rings. The van der Waals surface area contributed by atoms with Gasteiger partial charge in [-0.2, -0.15) is 0 Å². The van der Waals surface area contributed by atoms with E-state index in [0.717, 1.165) is 40.7 Å². The number of anilines is 2. The molecule has 1 heterocycles. The first kappa shape index (κ1) is 12.3. The number of nitrogens with zero attached hydrogens (tertiary/aromatic N) is 2. The lowest BCUT2D eigenvalue weighted by atomic mass is 10.1. The van der Waals surface area contributed by atoms with Crippen molar-refractivity contribution in [2.24, 2.45) is 11.8 Å². The number of rotatable bonds is 3. The first-order chi connectivity index (χ1) is 9.04. The molecule has 1 fully saturated rings. The van der Waals surface area contributed by atoms with E-state index >= 15 is 0 Å². The molecule has 100 valence electrons. The van der Waals surface area contributed by atoms with E-state index in [-0.39, 0.29) is 0 Å². The SMILES string of the molecule is Cc1cc(N(C)CC2CC2C)c2cc(N)ccc2n1. The number of fused-ring (bicyclic) bond motifs is 1. The summed E-state index contributed by atoms with van der Waals surface area (Å²) < 4.78 is 0. The zero-order valence-electron chi connectivity index (χ0n) is 11.9. The van der Waals surface area contributed by atoms with E-state index in [2.05, 4.69) is 29.9 Å². The Kier molecular flexibility index (Phi) is 2.85. The van der Waals surface area contributed by atoms with Crippen LogP contribution in [0.25, 0.3) is 10.9 Å². The fourth-order valence-electron chi connectivity index (χ4n) is 2.77. The van der Waals surface area contributed by atoms with Crippen LogP contribution >= 0.6 is 0 Å². The number of nitrogen functional groups attached to an aromatic ring is 1. The van der Waals surface area contributed by atoms with Crippen molar-refractivity contribution in [3.8, 4) is 0 Å². The summed E-state index contributed by atoms with van der Waals surface area (Å²) in [6.45, 7) is 5.49. The van der Waals surface area contributed by atoms with Gasteiger partial charge in [-0.15, -0.1) is 0 Å². The van der Waals surface area contributed by atoms with E-state index in [0.29, 0.717) is 0 Å². The summed E-state index contributed by atoms with van der Waals surface area (Å²) in [6, 6.07) is 8.12. The molecular weight excluding hydrogens is 234 g/mol. The van der Waals surface area contributed by atoms with Gasteiger partial charge < -0.3 is 10.6 Å². The standard InChI is InChI=1S/C16H21N3/c1-10-6-12(10)9-19(3)16-7-11(2)18-15-5-4-13(17)8-14(15)16/h4-5,7-8,10,12H,6,9,17H2,1-3H3. The van der Waals surface area contributed by atoms with Crippen molar-refractivity contribution in [3.05, 3.63) is 30.0 Å². The Morgan fingerprint density at radius 2 is 2.11 bits per heavy atom. The Bertz CT molecular complexity index is 621. The summed E-state index contributed by atoms with van der Waals surface area (Å²) in [6.07, 6.45) is 1.36. The minimum absolute atomic E-state index is 0.799. The van der Waals surface area contributed by atoms with E-state index in [1.54, 1.807) is 0 Å². The number of hydrogen-bond acceptors (Lipinski definition) is 3. The molecule has 0 aliphatic heterocycles. The van der Waals surface area contributed by atoms with Gasteiger partial charge in [-0.25, -0.2) is 0 Å². The van der Waals surface area contributed by atoms with Crippen LogP contribution in [0.1, 0.15) is 19.0 Å². The highest BCUT2D eigenvalue weighted by Gasteiger charge is 2.33. The highest BCUT2D eigenvalue weighted by Crippen LogP contribution is 2.39. The fraction of sp³-hybridized carbons (Fsp3) is 0.438. The topological polar surface area (TPSA) is 42.1 Å². The van der Waals surface area contributed by atoms with Crippen molar-refractivity contribution < 1.29 is 0 Å². The average molecular weight is 255 g/mol. The molecule has 19 heavy (non-hydrogen) atoms. The minimum atomic E-state index is 0.799. The Hall–Kier alpha value is -1.77. The van der Waals surface area contributed by atoms with Gasteiger partial charge in [0, 0.05) is 36.0 Å². The van der Waals surface area contributed by atoms with Crippen LogP contribution in [0.5, 0.6) is 0 Å². The van der Waals surface area contributed by atoms with Crippen molar-refractivity contribution in [2.45, 2.75) is 20.3 Å². The summed E-state index contributed by atoms with van der Waals surface area (Å²) in [5, 5.41) is 1.15. The third-order valence-electron chi connectivity index (χ3n) is 4.13. The molecule has 2 N–H and O–H groups in total. The monoisotopic (exact) mass is 255 g/mol. The Morgan fingerprint density at radius 3 is 2.79 bits per heavy atom. The van der Waals surface area contributed by atoms with Gasteiger partial charge >= 0.3 is 0 Å². The lowest BCUT2D eigenvalue weighted by Gasteiger charge is -2.22. The van der Waals surface area contributed by atoms with Crippen molar-refractivity contribution >= 4 is 22.3 Å². The first-order valence-electron chi connectivity index (χ1n) is 6.92. The largest absolute Gasteiger partial charge is 0.399 e. The predicted octanol–water partition coefficient (Wildman–Crippen LogP) is 3.22. The van der Waals surface area contributed by atoms with E-state index in [4.69, 9.17) is 5.73 Å². The molecule has 2 atom stereocenters. The second-order valence-electron chi connectivity index (χ2n) is 5.91. The van der Waals surface area contributed by atoms with Crippen LogP contribution in [0.4, 0.5) is 11.4 Å². The molecular formula is C16H21N3. The maximum atomic E-state index is 5.92. The van der Waals surface area contributed by atoms with Gasteiger partial charge in [0.05, 0.1) is 5.52 Å². The zero-order valence-corrected chi connectivity index (χ0v) is 11.9. The second-order valence-corrected chi connectivity index (χ2v) is 5.91. The third kappa shape index (κ3) is 2.37. The second kappa shape index (κ2) is 4.41. The summed E-state index contributed by atoms with van der Waals surface area (Å²) >= 11 is 0. The lowest BCUT2D eigenvalue weighted by molar-refractivity contribution is 0.726. The van der Waals surface area contributed by atoms with Gasteiger partial charge in [-0.1, -0.05) is 6.92 Å². The van der Waals surface area contributed by atoms with Gasteiger partial charge in [0.1, 0.15) is 0 Å². The van der Waals surface area contributed by atoms with Gasteiger partial charge in [0.25, 0.3) is 0 Å².